The molecule has 0 spiro atoms. The van der Waals surface area contributed by atoms with Crippen LogP contribution in [0.2, 0.25) is 0 Å². The molecule has 7 heterocycles. The molecule has 0 saturated carbocycles. The van der Waals surface area contributed by atoms with E-state index in [2.05, 4.69) is 34.8 Å². The Bertz CT molecular complexity index is 4800. The highest BCUT2D eigenvalue weighted by Crippen LogP contribution is 2.47. The molecule has 77 heteroatoms. The SMILES string of the molecule is CC1C(C)[C@H](O[C@@H]2OC(COOS(=O)[O-])[C@@H](O[C@@H]3OC(COOS(=O)[O-])[C@@H](OS(=O)(=O)O)[C@H](C)C3OS(=O)(=O)O)[C@H](C)C2OS(=O)(=O)O)C(COS(=O)(=O)O)O[C@@H]1O[C@@H]1C(C(=O)O)O[C@@H](O[C@@H]2C(COOS(=O)[O-])O[C@@H](OC(C)[C@H]3CC(C(=O)[O-])O[C@@H](O[C@@H]4C(COS(=O)(=O)O)O[C@H](C)C(OOS(=O)[O-])C4OS(=O)(=O)O)C3C)C(OS(=O)(=O)O)[C@H]2OS(=O)(=O)O)C(C)C1C. The van der Waals surface area contributed by atoms with Crippen molar-refractivity contribution in [3.05, 3.63) is 0 Å². The summed E-state index contributed by atoms with van der Waals surface area (Å²) in [5.41, 5.74) is 0. The topological polar surface area (TPSA) is 941 Å². The van der Waals surface area contributed by atoms with E-state index in [1.54, 1.807) is 0 Å². The lowest BCUT2D eigenvalue weighted by atomic mass is 9.81. The van der Waals surface area contributed by atoms with E-state index in [0.717, 1.165) is 41.5 Å². The van der Waals surface area contributed by atoms with Gasteiger partial charge >= 0.3 is 89.2 Å². The van der Waals surface area contributed by atoms with Crippen molar-refractivity contribution in [1.29, 1.82) is 0 Å². The van der Waals surface area contributed by atoms with Crippen LogP contribution in [0.15, 0.2) is 0 Å². The molecule has 0 amide bonds. The molecule has 7 aliphatic heterocycles. The smallest absolute Gasteiger partial charge is 0.397 e. The zero-order chi connectivity index (χ0) is 97.4. The minimum Gasteiger partial charge on any atom is -0.748 e. The van der Waals surface area contributed by atoms with Gasteiger partial charge in [0.15, 0.2) is 56.1 Å². The maximum atomic E-state index is 13.6. The quantitative estimate of drug-likeness (QED) is 0.0118. The Morgan fingerprint density at radius 2 is 0.667 bits per heavy atom. The Morgan fingerprint density at radius 3 is 1.08 bits per heavy atom. The summed E-state index contributed by atoms with van der Waals surface area (Å²) in [5.74, 6) is -16.8. The fourth-order valence-corrected chi connectivity index (χ4v) is 18.9. The second kappa shape index (κ2) is 47.0. The van der Waals surface area contributed by atoms with Crippen molar-refractivity contribution >= 4 is 141 Å². The lowest BCUT2D eigenvalue weighted by molar-refractivity contribution is -0.379. The number of aliphatic carboxylic acids is 2. The van der Waals surface area contributed by atoms with Crippen molar-refractivity contribution in [1.82, 2.24) is 0 Å². The Kier molecular flexibility index (Phi) is 41.3. The van der Waals surface area contributed by atoms with Gasteiger partial charge in [0.2, 0.25) is 0 Å². The summed E-state index contributed by atoms with van der Waals surface area (Å²) in [6.07, 6.45) is -63.1. The lowest BCUT2D eigenvalue weighted by Gasteiger charge is -2.51. The average molecular weight is 2130 g/mol. The molecule has 0 aromatic heterocycles. The van der Waals surface area contributed by atoms with Crippen LogP contribution in [0.3, 0.4) is 0 Å². The highest BCUT2D eigenvalue weighted by molar-refractivity contribution is 7.82. The standard InChI is InChI=1S/C52H88O65S12/c1-16-18(3)47(97-30(14-92-122(65,66)67)32(16)101-50-36(109-125(74,75)76)21(6)33(27(98-50)11-89-114-118(57)58)102-51-37(110-126(77,78)79)22(7)34(108-124(71,72)73)28(99-51)12-90-115-119(59)60)103-35-17(2)19(4)48(106-43(35)46(55)56)104-39-29(13-91-116-120(61)62)100-52(44(113-129(86,87)88)42(39)112-128(83,84)85)95-23(8)25-10-26(45(53)54)96-49(20(25)5)105-40-31(15-93-123(68,69)70)94-24(9)38(107-117-121(63)64)41(40)111-127(80,81)82/h16-44,47-52H,10-15H2,1-9H3,(H,53,54)(H,55,56)(H,57,58)(H,59,60)(H,61,62)(H,63,64)(H,65,66,67)(H,68,69,70)(H,71,72,73)(H,74,75,76)(H,77,78,79)(H,80,81,82)(H,83,84,85)(H,86,87,88)/p-5/t16?,17?,18?,19?,20?,21-,22-,23?,24+,25-,26?,27?,28?,29?,30?,31?,32-,33-,34-,35-,36?,37?,38?,39+,40+,41?,42-,43?,44?,47+,48+,49-,50-,51-,52+/m0/s1. The number of carbonyl (C=O) groups excluding carboxylic acids is 1. The first-order chi connectivity index (χ1) is 59.1. The molecule has 9 N–H and O–H groups in total. The number of carboxylic acid groups (broad SMARTS) is 2. The Labute approximate surface area is 741 Å². The molecule has 0 bridgehead atoms. The molecule has 0 aliphatic carbocycles. The third-order valence-electron chi connectivity index (χ3n) is 20.4. The molecule has 129 heavy (non-hydrogen) atoms. The van der Waals surface area contributed by atoms with Crippen LogP contribution >= 0.6 is 0 Å². The molecule has 0 aromatic rings. The third-order valence-corrected chi connectivity index (χ3v) is 24.9. The Balaban J connectivity index is 1.21. The van der Waals surface area contributed by atoms with Gasteiger partial charge in [-0.05, 0) is 38.0 Å². The summed E-state index contributed by atoms with van der Waals surface area (Å²) >= 11 is -14.4. The fraction of sp³-hybridized carbons (Fsp3) is 0.962. The average Bonchev–Trinajstić information content (AvgIpc) is 0.761. The summed E-state index contributed by atoms with van der Waals surface area (Å²) in [6, 6.07) is 0. The molecule has 0 aromatic carbocycles. The second-order valence-electron chi connectivity index (χ2n) is 28.7. The van der Waals surface area contributed by atoms with Crippen molar-refractivity contribution in [2.24, 2.45) is 47.3 Å². The first kappa shape index (κ1) is 113. The first-order valence-corrected chi connectivity index (χ1v) is 50.7. The van der Waals surface area contributed by atoms with Crippen molar-refractivity contribution < 1.29 is 291 Å². The van der Waals surface area contributed by atoms with Gasteiger partial charge in [0.05, 0.1) is 43.6 Å². The van der Waals surface area contributed by atoms with E-state index in [1.165, 1.54) is 20.8 Å². The summed E-state index contributed by atoms with van der Waals surface area (Å²) in [6.45, 7) is 2.92. The molecule has 22 unspecified atom stereocenters. The molecule has 7 saturated heterocycles. The molecule has 7 aliphatic rings. The largest absolute Gasteiger partial charge is 0.748 e. The van der Waals surface area contributed by atoms with Crippen LogP contribution in [0.1, 0.15) is 68.7 Å². The van der Waals surface area contributed by atoms with Crippen LogP contribution in [-0.4, -0.2) is 355 Å². The van der Waals surface area contributed by atoms with Gasteiger partial charge in [0.1, 0.15) is 151 Å². The molecule has 39 atom stereocenters. The fourth-order valence-electron chi connectivity index (χ4n) is 14.6. The van der Waals surface area contributed by atoms with Crippen molar-refractivity contribution in [3.8, 4) is 0 Å². The van der Waals surface area contributed by atoms with Crippen molar-refractivity contribution in [2.45, 2.75) is 235 Å². The van der Waals surface area contributed by atoms with Crippen molar-refractivity contribution in [2.75, 3.05) is 33.0 Å². The predicted octanol–water partition coefficient (Wildman–Crippen LogP) is -8.15. The second-order valence-corrected chi connectivity index (χ2v) is 39.4. The van der Waals surface area contributed by atoms with Gasteiger partial charge in [-0.25, -0.2) is 74.6 Å². The van der Waals surface area contributed by atoms with Crippen LogP contribution < -0.4 is 5.11 Å². The van der Waals surface area contributed by atoms with E-state index < -0.39 is 393 Å². The van der Waals surface area contributed by atoms with Crippen LogP contribution in [0.5, 0.6) is 0 Å². The van der Waals surface area contributed by atoms with E-state index in [1.807, 2.05) is 0 Å². The minimum atomic E-state index is -6.16. The Hall–Kier alpha value is -2.50. The number of hydrogen-bond donors (Lipinski definition) is 9. The lowest BCUT2D eigenvalue weighted by Crippen LogP contribution is -2.65. The normalized spacial score (nSPS) is 38.7. The number of hydrogen-bond acceptors (Lipinski definition) is 56. The summed E-state index contributed by atoms with van der Waals surface area (Å²) in [5, 5.41) is 23.8. The zero-order valence-corrected chi connectivity index (χ0v) is 76.0. The van der Waals surface area contributed by atoms with Gasteiger partial charge in [0.25, 0.3) is 0 Å². The van der Waals surface area contributed by atoms with Gasteiger partial charge in [-0.1, -0.05) is 48.5 Å². The number of rotatable bonds is 48. The summed E-state index contributed by atoms with van der Waals surface area (Å²) in [4.78, 5) is 45.2. The predicted molar refractivity (Wildman–Crippen MR) is 382 cm³/mol. The van der Waals surface area contributed by atoms with E-state index in [9.17, 15) is 159 Å². The van der Waals surface area contributed by atoms with Gasteiger partial charge < -0.3 is 94.8 Å². The van der Waals surface area contributed by atoms with E-state index in [0.29, 0.717) is 0 Å². The molecule has 0 radical (unpaired) electrons. The van der Waals surface area contributed by atoms with E-state index in [4.69, 9.17) is 97.2 Å². The molecule has 7 rings (SSSR count). The van der Waals surface area contributed by atoms with Gasteiger partial charge in [-0.3, -0.25) is 36.4 Å². The molecule has 65 nitrogen and oxygen atoms in total. The molecule has 758 valence electrons. The number of carbonyl (C=O) groups is 2. The zero-order valence-electron chi connectivity index (χ0n) is 66.2. The molecular formula is C52H83O65S12-5. The monoisotopic (exact) mass is 2130 g/mol. The maximum absolute atomic E-state index is 13.6. The number of carboxylic acids is 2. The molecular weight excluding hydrogens is 2050 g/mol. The highest BCUT2D eigenvalue weighted by atomic mass is 32.3. The van der Waals surface area contributed by atoms with Gasteiger partial charge in [-0.2, -0.15) is 67.3 Å². The molecule has 7 fully saturated rings. The van der Waals surface area contributed by atoms with Crippen LogP contribution in [0, 0.1) is 47.3 Å². The third kappa shape index (κ3) is 34.8. The Morgan fingerprint density at radius 1 is 0.349 bits per heavy atom. The summed E-state index contributed by atoms with van der Waals surface area (Å²) < 4.78 is 503. The van der Waals surface area contributed by atoms with Gasteiger partial charge in [0, 0.05) is 29.6 Å². The highest BCUT2D eigenvalue weighted by Gasteiger charge is 2.61. The minimum absolute atomic E-state index is 0.856. The first-order valence-electron chi connectivity index (χ1n) is 35.8. The summed E-state index contributed by atoms with van der Waals surface area (Å²) in [7, 11) is -46.5. The van der Waals surface area contributed by atoms with Crippen LogP contribution in [-0.2, 0) is 270 Å². The van der Waals surface area contributed by atoms with Crippen LogP contribution in [0.4, 0.5) is 0 Å². The van der Waals surface area contributed by atoms with Gasteiger partial charge in [-0.15, -0.1) is 17.3 Å². The van der Waals surface area contributed by atoms with Crippen molar-refractivity contribution in [3.63, 3.8) is 0 Å². The van der Waals surface area contributed by atoms with E-state index in [-0.39, 0.29) is 0 Å². The van der Waals surface area contributed by atoms with E-state index >= 15 is 0 Å². The maximum Gasteiger partial charge on any atom is 0.397 e. The van der Waals surface area contributed by atoms with Crippen LogP contribution in [0.25, 0.3) is 0 Å². The number of ether oxygens (including phenoxy) is 13.